The summed E-state index contributed by atoms with van der Waals surface area (Å²) < 4.78 is 18.3. The van der Waals surface area contributed by atoms with Gasteiger partial charge in [0.25, 0.3) is 11.8 Å². The Kier molecular flexibility index (Phi) is 8.18. The molecule has 7 nitrogen and oxygen atoms in total. The van der Waals surface area contributed by atoms with E-state index in [1.165, 1.54) is 31.4 Å². The monoisotopic (exact) mass is 453 g/mol. The lowest BCUT2D eigenvalue weighted by atomic mass is 9.88. The number of nitrogens with zero attached hydrogens (tertiary/aromatic N) is 1. The Labute approximate surface area is 192 Å². The third-order valence-electron chi connectivity index (χ3n) is 5.71. The SMILES string of the molecule is C=CCNC(=O)[C@@H](NC(=O)c1cccc(OC)c1)C1CCN(C(=O)c2ccc(F)cc2)CC1. The molecule has 8 heteroatoms. The summed E-state index contributed by atoms with van der Waals surface area (Å²) >= 11 is 0. The molecule has 1 saturated heterocycles. The Morgan fingerprint density at radius 3 is 2.48 bits per heavy atom. The van der Waals surface area contributed by atoms with Gasteiger partial charge in [0.1, 0.15) is 17.6 Å². The molecule has 1 aliphatic rings. The second kappa shape index (κ2) is 11.3. The molecule has 1 aliphatic heterocycles. The molecule has 0 bridgehead atoms. The average molecular weight is 454 g/mol. The number of ether oxygens (including phenoxy) is 1. The lowest BCUT2D eigenvalue weighted by Crippen LogP contribution is -2.53. The van der Waals surface area contributed by atoms with E-state index in [-0.39, 0.29) is 30.2 Å². The van der Waals surface area contributed by atoms with Gasteiger partial charge in [0.15, 0.2) is 0 Å². The van der Waals surface area contributed by atoms with Crippen molar-refractivity contribution in [1.29, 1.82) is 0 Å². The van der Waals surface area contributed by atoms with Crippen molar-refractivity contribution in [3.05, 3.63) is 78.1 Å². The minimum absolute atomic E-state index is 0.151. The maximum atomic E-state index is 13.2. The van der Waals surface area contributed by atoms with Crippen molar-refractivity contribution in [3.63, 3.8) is 0 Å². The number of hydrogen-bond acceptors (Lipinski definition) is 4. The maximum Gasteiger partial charge on any atom is 0.253 e. The number of hydrogen-bond donors (Lipinski definition) is 2. The molecule has 0 aromatic heterocycles. The zero-order valence-corrected chi connectivity index (χ0v) is 18.6. The van der Waals surface area contributed by atoms with Gasteiger partial charge >= 0.3 is 0 Å². The number of carbonyl (C=O) groups is 3. The fourth-order valence-corrected chi connectivity index (χ4v) is 3.88. The van der Waals surface area contributed by atoms with Crippen molar-refractivity contribution in [2.45, 2.75) is 18.9 Å². The largest absolute Gasteiger partial charge is 0.497 e. The summed E-state index contributed by atoms with van der Waals surface area (Å²) in [6.45, 7) is 4.76. The number of methoxy groups -OCH3 is 1. The highest BCUT2D eigenvalue weighted by Crippen LogP contribution is 2.23. The van der Waals surface area contributed by atoms with Crippen LogP contribution in [0.25, 0.3) is 0 Å². The van der Waals surface area contributed by atoms with E-state index in [0.29, 0.717) is 42.8 Å². The summed E-state index contributed by atoms with van der Waals surface area (Å²) in [6, 6.07) is 11.4. The van der Waals surface area contributed by atoms with Crippen molar-refractivity contribution in [2.75, 3.05) is 26.7 Å². The van der Waals surface area contributed by atoms with Gasteiger partial charge < -0.3 is 20.3 Å². The number of likely N-dealkylation sites (tertiary alicyclic amines) is 1. The second-order valence-corrected chi connectivity index (χ2v) is 7.85. The van der Waals surface area contributed by atoms with Crippen LogP contribution < -0.4 is 15.4 Å². The van der Waals surface area contributed by atoms with Crippen molar-refractivity contribution in [3.8, 4) is 5.75 Å². The third kappa shape index (κ3) is 6.19. The van der Waals surface area contributed by atoms with Gasteiger partial charge in [-0.15, -0.1) is 6.58 Å². The number of halogens is 1. The van der Waals surface area contributed by atoms with Crippen LogP contribution in [0.1, 0.15) is 33.6 Å². The molecule has 1 heterocycles. The molecule has 0 unspecified atom stereocenters. The van der Waals surface area contributed by atoms with Crippen LogP contribution in [0.2, 0.25) is 0 Å². The Balaban J connectivity index is 1.69. The van der Waals surface area contributed by atoms with Gasteiger partial charge in [0, 0.05) is 30.8 Å². The zero-order chi connectivity index (χ0) is 23.8. The smallest absolute Gasteiger partial charge is 0.253 e. The summed E-state index contributed by atoms with van der Waals surface area (Å²) in [5, 5.41) is 5.62. The number of amides is 3. The molecular formula is C25H28FN3O4. The van der Waals surface area contributed by atoms with Crippen molar-refractivity contribution < 1.29 is 23.5 Å². The van der Waals surface area contributed by atoms with E-state index >= 15 is 0 Å². The number of carbonyl (C=O) groups excluding carboxylic acids is 3. The molecule has 2 N–H and O–H groups in total. The summed E-state index contributed by atoms with van der Waals surface area (Å²) in [5.41, 5.74) is 0.807. The summed E-state index contributed by atoms with van der Waals surface area (Å²) in [6.07, 6.45) is 2.65. The maximum absolute atomic E-state index is 13.2. The highest BCUT2D eigenvalue weighted by Gasteiger charge is 2.34. The molecule has 2 aromatic carbocycles. The van der Waals surface area contributed by atoms with E-state index in [0.717, 1.165) is 0 Å². The van der Waals surface area contributed by atoms with Crippen LogP contribution in [0.3, 0.4) is 0 Å². The Morgan fingerprint density at radius 2 is 1.85 bits per heavy atom. The molecular weight excluding hydrogens is 425 g/mol. The molecule has 3 amide bonds. The van der Waals surface area contributed by atoms with E-state index in [4.69, 9.17) is 4.74 Å². The lowest BCUT2D eigenvalue weighted by molar-refractivity contribution is -0.124. The van der Waals surface area contributed by atoms with Gasteiger partial charge in [0.2, 0.25) is 5.91 Å². The van der Waals surface area contributed by atoms with E-state index in [1.54, 1.807) is 35.2 Å². The molecule has 2 aromatic rings. The van der Waals surface area contributed by atoms with Crippen LogP contribution in [-0.2, 0) is 4.79 Å². The molecule has 0 aliphatic carbocycles. The molecule has 3 rings (SSSR count). The minimum atomic E-state index is -0.758. The topological polar surface area (TPSA) is 87.7 Å². The van der Waals surface area contributed by atoms with Gasteiger partial charge in [-0.1, -0.05) is 12.1 Å². The van der Waals surface area contributed by atoms with Gasteiger partial charge in [-0.25, -0.2) is 4.39 Å². The first-order valence-corrected chi connectivity index (χ1v) is 10.8. The molecule has 33 heavy (non-hydrogen) atoms. The predicted molar refractivity (Wildman–Crippen MR) is 122 cm³/mol. The Morgan fingerprint density at radius 1 is 1.15 bits per heavy atom. The first-order valence-electron chi connectivity index (χ1n) is 10.8. The fourth-order valence-electron chi connectivity index (χ4n) is 3.88. The number of nitrogens with one attached hydrogen (secondary N) is 2. The highest BCUT2D eigenvalue weighted by molar-refractivity contribution is 5.98. The first-order chi connectivity index (χ1) is 15.9. The van der Waals surface area contributed by atoms with E-state index in [9.17, 15) is 18.8 Å². The Hall–Kier alpha value is -3.68. The van der Waals surface area contributed by atoms with Gasteiger partial charge in [-0.05, 0) is 61.2 Å². The molecule has 0 spiro atoms. The molecule has 1 fully saturated rings. The first kappa shape index (κ1) is 24.0. The van der Waals surface area contributed by atoms with Crippen LogP contribution in [0.4, 0.5) is 4.39 Å². The molecule has 0 radical (unpaired) electrons. The summed E-state index contributed by atoms with van der Waals surface area (Å²) in [4.78, 5) is 40.1. The normalized spacial score (nSPS) is 14.8. The van der Waals surface area contributed by atoms with Crippen LogP contribution in [0.15, 0.2) is 61.2 Å². The number of piperidine rings is 1. The standard InChI is InChI=1S/C25H28FN3O4/c1-3-13-27-24(31)22(28-23(30)19-5-4-6-21(16-19)33-2)17-11-14-29(15-12-17)25(32)18-7-9-20(26)10-8-18/h3-10,16-17,22H,1,11-15H2,2H3,(H,27,31)(H,28,30)/t22-/m0/s1. The number of rotatable bonds is 8. The summed E-state index contributed by atoms with van der Waals surface area (Å²) in [5.74, 6) is -0.858. The fraction of sp³-hybridized carbons (Fsp3) is 0.320. The molecule has 1 atom stereocenters. The second-order valence-electron chi connectivity index (χ2n) is 7.85. The van der Waals surface area contributed by atoms with E-state index in [2.05, 4.69) is 17.2 Å². The van der Waals surface area contributed by atoms with Gasteiger partial charge in [-0.2, -0.15) is 0 Å². The van der Waals surface area contributed by atoms with Crippen LogP contribution in [0.5, 0.6) is 5.75 Å². The van der Waals surface area contributed by atoms with Crippen LogP contribution in [-0.4, -0.2) is 55.4 Å². The minimum Gasteiger partial charge on any atom is -0.497 e. The van der Waals surface area contributed by atoms with Crippen molar-refractivity contribution in [1.82, 2.24) is 15.5 Å². The molecule has 174 valence electrons. The van der Waals surface area contributed by atoms with Gasteiger partial charge in [-0.3, -0.25) is 14.4 Å². The van der Waals surface area contributed by atoms with Crippen LogP contribution >= 0.6 is 0 Å². The lowest BCUT2D eigenvalue weighted by Gasteiger charge is -2.35. The predicted octanol–water partition coefficient (Wildman–Crippen LogP) is 2.79. The Bertz CT molecular complexity index is 1000. The van der Waals surface area contributed by atoms with Crippen molar-refractivity contribution in [2.24, 2.45) is 5.92 Å². The third-order valence-corrected chi connectivity index (χ3v) is 5.71. The van der Waals surface area contributed by atoms with Gasteiger partial charge in [0.05, 0.1) is 7.11 Å². The highest BCUT2D eigenvalue weighted by atomic mass is 19.1. The van der Waals surface area contributed by atoms with E-state index < -0.39 is 11.9 Å². The van der Waals surface area contributed by atoms with E-state index in [1.807, 2.05) is 0 Å². The zero-order valence-electron chi connectivity index (χ0n) is 18.6. The quantitative estimate of drug-likeness (QED) is 0.602. The average Bonchev–Trinajstić information content (AvgIpc) is 2.86. The summed E-state index contributed by atoms with van der Waals surface area (Å²) in [7, 11) is 1.52. The number of benzene rings is 2. The van der Waals surface area contributed by atoms with Crippen molar-refractivity contribution >= 4 is 17.7 Å². The molecule has 0 saturated carbocycles. The van der Waals surface area contributed by atoms with Crippen LogP contribution in [0, 0.1) is 11.7 Å².